The van der Waals surface area contributed by atoms with Crippen LogP contribution in [0.2, 0.25) is 0 Å². The highest BCUT2D eigenvalue weighted by Gasteiger charge is 2.25. The normalized spacial score (nSPS) is 16.1. The Balaban J connectivity index is 3.21. The van der Waals surface area contributed by atoms with Crippen molar-refractivity contribution in [1.29, 1.82) is 0 Å². The minimum Gasteiger partial charge on any atom is -0.480 e. The van der Waals surface area contributed by atoms with Crippen LogP contribution in [-0.2, 0) is 33.6 Å². The van der Waals surface area contributed by atoms with Crippen LogP contribution in [0.5, 0.6) is 0 Å². The van der Waals surface area contributed by atoms with Gasteiger partial charge >= 0.3 is 17.9 Å². The monoisotopic (exact) mass is 816 g/mol. The Labute approximate surface area is 334 Å². The Hall–Kier alpha value is -3.53. The number of nitrogens with one attached hydrogen (secondary N) is 1. The fraction of sp³-hybridized carbons (Fsp3) is 0.778. The lowest BCUT2D eigenvalue weighted by Gasteiger charge is -2.32. The fourth-order valence-corrected chi connectivity index (χ4v) is 6.36. The molecule has 1 saturated heterocycles. The van der Waals surface area contributed by atoms with E-state index in [0.717, 1.165) is 31.0 Å². The molecular weight excluding hydrogens is 753 g/mol. The SMILES string of the molecule is CSC(=O)CCCN(CCCN)C(=O)C(C=NC(=O)CN1CCN(CC(=O)O)CCN(CC(=O)O)CCN(CC(=O)O)CC1)CCC(=O)NCCCCCCO. The van der Waals surface area contributed by atoms with Gasteiger partial charge < -0.3 is 36.4 Å². The van der Waals surface area contributed by atoms with Crippen molar-refractivity contribution in [2.45, 2.75) is 57.8 Å². The second-order valence-electron chi connectivity index (χ2n) is 13.7. The van der Waals surface area contributed by atoms with Crippen LogP contribution in [0.4, 0.5) is 0 Å². The van der Waals surface area contributed by atoms with E-state index < -0.39 is 29.7 Å². The number of carbonyl (C=O) groups excluding carboxylic acids is 4. The second-order valence-corrected chi connectivity index (χ2v) is 14.6. The van der Waals surface area contributed by atoms with Gasteiger partial charge in [-0.2, -0.15) is 0 Å². The molecule has 1 unspecified atom stereocenters. The summed E-state index contributed by atoms with van der Waals surface area (Å²) >= 11 is 1.11. The van der Waals surface area contributed by atoms with Crippen molar-refractivity contribution in [2.75, 3.05) is 118 Å². The molecule has 1 heterocycles. The molecule has 1 rings (SSSR count). The third-order valence-electron chi connectivity index (χ3n) is 9.15. The van der Waals surface area contributed by atoms with Crippen LogP contribution in [0.1, 0.15) is 57.8 Å². The topological polar surface area (TPSA) is 267 Å². The maximum absolute atomic E-state index is 13.9. The number of aliphatic imine (C=N–C) groups is 1. The number of aliphatic carboxylic acids is 3. The molecule has 0 aromatic rings. The molecule has 1 atom stereocenters. The number of carbonyl (C=O) groups is 7. The molecule has 1 aliphatic heterocycles. The largest absolute Gasteiger partial charge is 0.480 e. The molecule has 20 heteroatoms. The van der Waals surface area contributed by atoms with Crippen molar-refractivity contribution < 1.29 is 54.0 Å². The molecule has 7 N–H and O–H groups in total. The summed E-state index contributed by atoms with van der Waals surface area (Å²) in [4.78, 5) is 99.1. The molecule has 19 nitrogen and oxygen atoms in total. The van der Waals surface area contributed by atoms with Crippen LogP contribution >= 0.6 is 11.8 Å². The molecule has 0 aliphatic carbocycles. The van der Waals surface area contributed by atoms with E-state index in [1.54, 1.807) is 30.8 Å². The first-order chi connectivity index (χ1) is 26.8. The molecule has 0 bridgehead atoms. The zero-order valence-electron chi connectivity index (χ0n) is 32.9. The Morgan fingerprint density at radius 2 is 1.20 bits per heavy atom. The van der Waals surface area contributed by atoms with Crippen molar-refractivity contribution in [2.24, 2.45) is 16.6 Å². The summed E-state index contributed by atoms with van der Waals surface area (Å²) in [6, 6.07) is 0. The highest BCUT2D eigenvalue weighted by molar-refractivity contribution is 8.13. The number of hydrogen-bond donors (Lipinski definition) is 6. The van der Waals surface area contributed by atoms with Crippen molar-refractivity contribution in [3.63, 3.8) is 0 Å². The third kappa shape index (κ3) is 24.9. The molecule has 0 saturated carbocycles. The molecule has 56 heavy (non-hydrogen) atoms. The predicted octanol–water partition coefficient (Wildman–Crippen LogP) is -1.03. The molecule has 0 spiro atoms. The molecule has 1 fully saturated rings. The summed E-state index contributed by atoms with van der Waals surface area (Å²) in [5.41, 5.74) is 5.74. The first kappa shape index (κ1) is 50.5. The van der Waals surface area contributed by atoms with E-state index in [1.807, 2.05) is 0 Å². The predicted molar refractivity (Wildman–Crippen MR) is 211 cm³/mol. The van der Waals surface area contributed by atoms with Gasteiger partial charge in [0.05, 0.1) is 32.1 Å². The van der Waals surface area contributed by atoms with Crippen LogP contribution in [0.3, 0.4) is 0 Å². The molecule has 0 aromatic carbocycles. The van der Waals surface area contributed by atoms with Gasteiger partial charge in [0.1, 0.15) is 0 Å². The number of carboxylic acid groups (broad SMARTS) is 3. The number of amides is 3. The van der Waals surface area contributed by atoms with Gasteiger partial charge in [0.15, 0.2) is 5.12 Å². The van der Waals surface area contributed by atoms with Gasteiger partial charge in [-0.3, -0.25) is 53.2 Å². The summed E-state index contributed by atoms with van der Waals surface area (Å²) < 4.78 is 0. The number of aliphatic hydroxyl groups is 1. The second kappa shape index (κ2) is 30.6. The van der Waals surface area contributed by atoms with Crippen LogP contribution in [0.25, 0.3) is 0 Å². The van der Waals surface area contributed by atoms with Gasteiger partial charge in [-0.05, 0) is 44.9 Å². The molecule has 0 aromatic heterocycles. The van der Waals surface area contributed by atoms with E-state index in [-0.39, 0.29) is 128 Å². The number of hydrogen-bond acceptors (Lipinski definition) is 14. The quantitative estimate of drug-likeness (QED) is 0.0450. The number of rotatable bonds is 26. The van der Waals surface area contributed by atoms with Crippen molar-refractivity contribution >= 4 is 58.7 Å². The lowest BCUT2D eigenvalue weighted by molar-refractivity contribution is -0.140. The number of thioether (sulfide) groups is 1. The molecule has 0 radical (unpaired) electrons. The van der Waals surface area contributed by atoms with E-state index in [9.17, 15) is 48.9 Å². The van der Waals surface area contributed by atoms with Crippen LogP contribution in [-0.4, -0.2) is 209 Å². The van der Waals surface area contributed by atoms with Crippen molar-refractivity contribution in [3.8, 4) is 0 Å². The Morgan fingerprint density at radius 1 is 0.714 bits per heavy atom. The van der Waals surface area contributed by atoms with Gasteiger partial charge in [-0.1, -0.05) is 24.6 Å². The first-order valence-corrected chi connectivity index (χ1v) is 20.5. The lowest BCUT2D eigenvalue weighted by Crippen LogP contribution is -2.49. The molecule has 3 amide bonds. The zero-order chi connectivity index (χ0) is 41.7. The number of nitrogens with zero attached hydrogens (tertiary/aromatic N) is 6. The van der Waals surface area contributed by atoms with Crippen LogP contribution in [0.15, 0.2) is 4.99 Å². The summed E-state index contributed by atoms with van der Waals surface area (Å²) in [6.45, 7) is 2.19. The smallest absolute Gasteiger partial charge is 0.317 e. The summed E-state index contributed by atoms with van der Waals surface area (Å²) in [7, 11) is 0. The van der Waals surface area contributed by atoms with Crippen molar-refractivity contribution in [1.82, 2.24) is 29.8 Å². The Bertz CT molecular complexity index is 1230. The molecular formula is C36H64N8O11S. The number of unbranched alkanes of at least 4 members (excludes halogenated alkanes) is 3. The van der Waals surface area contributed by atoms with Gasteiger partial charge in [-0.25, -0.2) is 4.99 Å². The standard InChI is InChI=1S/C36H64N8O11S/c1-56-35(54)8-6-13-44(14-7-11-37)36(55)29(9-10-30(46)38-12-4-2-3-5-23-45)24-39-31(47)25-40-15-17-41(26-32(48)49)19-21-43(28-34(52)53)22-20-42(18-16-40)27-33(50)51/h24,29,45H,2-23,25-28,37H2,1H3,(H,38,46)(H,48,49)(H,50,51)(H,52,53). The fourth-order valence-electron chi connectivity index (χ4n) is 6.01. The number of carboxylic acids is 3. The van der Waals surface area contributed by atoms with E-state index >= 15 is 0 Å². The van der Waals surface area contributed by atoms with Crippen molar-refractivity contribution in [3.05, 3.63) is 0 Å². The van der Waals surface area contributed by atoms with E-state index in [0.29, 0.717) is 38.9 Å². The summed E-state index contributed by atoms with van der Waals surface area (Å²) in [6.07, 6.45) is 7.37. The highest BCUT2D eigenvalue weighted by Crippen LogP contribution is 2.13. The van der Waals surface area contributed by atoms with Gasteiger partial charge in [0.25, 0.3) is 5.91 Å². The van der Waals surface area contributed by atoms with E-state index in [2.05, 4.69) is 10.3 Å². The van der Waals surface area contributed by atoms with Gasteiger partial charge in [0.2, 0.25) is 11.8 Å². The molecule has 1 aliphatic rings. The molecule has 320 valence electrons. The average molecular weight is 817 g/mol. The van der Waals surface area contributed by atoms with Crippen LogP contribution in [0, 0.1) is 5.92 Å². The van der Waals surface area contributed by atoms with Crippen LogP contribution < -0.4 is 11.1 Å². The lowest BCUT2D eigenvalue weighted by atomic mass is 10.0. The first-order valence-electron chi connectivity index (χ1n) is 19.3. The number of aliphatic hydroxyl groups excluding tert-OH is 1. The Kier molecular flexibility index (Phi) is 27.6. The maximum atomic E-state index is 13.9. The van der Waals surface area contributed by atoms with E-state index in [4.69, 9.17) is 10.8 Å². The minimum atomic E-state index is -1.07. The maximum Gasteiger partial charge on any atom is 0.317 e. The zero-order valence-corrected chi connectivity index (χ0v) is 33.7. The Morgan fingerprint density at radius 3 is 1.66 bits per heavy atom. The summed E-state index contributed by atoms with van der Waals surface area (Å²) in [5.74, 6) is -5.33. The minimum absolute atomic E-state index is 0.00219. The van der Waals surface area contributed by atoms with Gasteiger partial charge in [-0.15, -0.1) is 0 Å². The summed E-state index contributed by atoms with van der Waals surface area (Å²) in [5, 5.41) is 40.2. The average Bonchev–Trinajstić information content (AvgIpc) is 3.14. The highest BCUT2D eigenvalue weighted by atomic mass is 32.2. The van der Waals surface area contributed by atoms with Gasteiger partial charge in [0, 0.05) is 97.7 Å². The number of nitrogens with two attached hydrogens (primary N) is 1. The van der Waals surface area contributed by atoms with E-state index in [1.165, 1.54) is 6.21 Å². The third-order valence-corrected chi connectivity index (χ3v) is 9.81.